The van der Waals surface area contributed by atoms with E-state index in [0.29, 0.717) is 25.9 Å². The van der Waals surface area contributed by atoms with Crippen molar-refractivity contribution in [3.63, 3.8) is 0 Å². The number of amides is 2. The van der Waals surface area contributed by atoms with Crippen molar-refractivity contribution < 1.29 is 22.8 Å². The van der Waals surface area contributed by atoms with Gasteiger partial charge < -0.3 is 10.2 Å². The minimum absolute atomic E-state index is 0.102. The molecule has 0 radical (unpaired) electrons. The Balaban J connectivity index is 2.00. The van der Waals surface area contributed by atoms with Crippen LogP contribution in [-0.2, 0) is 17.5 Å². The monoisotopic (exact) mass is 334 g/mol. The topological polar surface area (TPSA) is 49.4 Å². The summed E-state index contributed by atoms with van der Waals surface area (Å²) < 4.78 is 38.2. The maximum atomic E-state index is 12.7. The molecule has 0 aromatic heterocycles. The van der Waals surface area contributed by atoms with Crippen LogP contribution < -0.4 is 5.32 Å². The maximum Gasteiger partial charge on any atom is 0.417 e. The average molecular weight is 335 g/mol. The van der Waals surface area contributed by atoms with Crippen LogP contribution in [0.25, 0.3) is 0 Å². The van der Waals surface area contributed by atoms with E-state index in [9.17, 15) is 22.8 Å². The van der Waals surface area contributed by atoms with E-state index in [0.717, 1.165) is 6.07 Å². The normalized spacial score (nSPS) is 15.8. The highest BCUT2D eigenvalue weighted by atomic mass is 35.5. The number of rotatable bonds is 2. The number of ketones is 1. The van der Waals surface area contributed by atoms with Gasteiger partial charge in [0.05, 0.1) is 10.6 Å². The number of hydrogen-bond acceptors (Lipinski definition) is 2. The molecule has 8 heteroatoms. The summed E-state index contributed by atoms with van der Waals surface area (Å²) in [5, 5.41) is 2.11. The summed E-state index contributed by atoms with van der Waals surface area (Å²) in [6.07, 6.45) is -3.93. The van der Waals surface area contributed by atoms with Gasteiger partial charge in [-0.15, -0.1) is 0 Å². The first-order chi connectivity index (χ1) is 10.3. The zero-order valence-corrected chi connectivity index (χ0v) is 12.3. The fraction of sp³-hybridized carbons (Fsp3) is 0.429. The molecule has 22 heavy (non-hydrogen) atoms. The number of nitrogens with zero attached hydrogens (tertiary/aromatic N) is 1. The van der Waals surface area contributed by atoms with Crippen LogP contribution in [-0.4, -0.2) is 29.8 Å². The standard InChI is InChI=1S/C14H14ClF3N2O2/c15-12-9(2-1-3-11(12)14(16,17)18)8-19-13(22)20-6-4-10(21)5-7-20/h1-3H,4-8H2,(H,19,22). The van der Waals surface area contributed by atoms with E-state index in [4.69, 9.17) is 11.6 Å². The van der Waals surface area contributed by atoms with Crippen molar-refractivity contribution in [3.8, 4) is 0 Å². The lowest BCUT2D eigenvalue weighted by Crippen LogP contribution is -2.44. The van der Waals surface area contributed by atoms with Gasteiger partial charge in [0.2, 0.25) is 0 Å². The van der Waals surface area contributed by atoms with E-state index in [1.54, 1.807) is 0 Å². The molecule has 120 valence electrons. The quantitative estimate of drug-likeness (QED) is 0.902. The zero-order valence-electron chi connectivity index (χ0n) is 11.5. The lowest BCUT2D eigenvalue weighted by Gasteiger charge is -2.26. The molecule has 0 spiro atoms. The van der Waals surface area contributed by atoms with Crippen molar-refractivity contribution in [1.82, 2.24) is 10.2 Å². The number of hydrogen-bond donors (Lipinski definition) is 1. The Labute approximate surface area is 130 Å². The summed E-state index contributed by atoms with van der Waals surface area (Å²) in [7, 11) is 0. The molecule has 0 bridgehead atoms. The lowest BCUT2D eigenvalue weighted by molar-refractivity contribution is -0.137. The molecule has 1 N–H and O–H groups in total. The molecule has 1 heterocycles. The third-order valence-corrected chi connectivity index (χ3v) is 3.87. The van der Waals surface area contributed by atoms with Gasteiger partial charge >= 0.3 is 12.2 Å². The molecule has 1 aliphatic rings. The van der Waals surface area contributed by atoms with E-state index in [2.05, 4.69) is 5.32 Å². The molecule has 0 atom stereocenters. The molecule has 0 saturated carbocycles. The number of carbonyl (C=O) groups excluding carboxylic acids is 2. The molecule has 1 aromatic carbocycles. The van der Waals surface area contributed by atoms with Gasteiger partial charge in [-0.05, 0) is 11.6 Å². The number of halogens is 4. The molecule has 0 aliphatic carbocycles. The van der Waals surface area contributed by atoms with Crippen LogP contribution >= 0.6 is 11.6 Å². The van der Waals surface area contributed by atoms with Crippen molar-refractivity contribution in [3.05, 3.63) is 34.3 Å². The van der Waals surface area contributed by atoms with Gasteiger partial charge in [-0.25, -0.2) is 4.79 Å². The second-order valence-electron chi connectivity index (χ2n) is 4.96. The summed E-state index contributed by atoms with van der Waals surface area (Å²) in [6.45, 7) is 0.536. The fourth-order valence-corrected chi connectivity index (χ4v) is 2.48. The number of carbonyl (C=O) groups is 2. The van der Waals surface area contributed by atoms with Gasteiger partial charge in [-0.3, -0.25) is 4.79 Å². The summed E-state index contributed by atoms with van der Waals surface area (Å²) in [6, 6.07) is 3.15. The largest absolute Gasteiger partial charge is 0.417 e. The molecule has 0 unspecified atom stereocenters. The SMILES string of the molecule is O=C1CCN(C(=O)NCc2cccc(C(F)(F)F)c2Cl)CC1. The fourth-order valence-electron chi connectivity index (χ4n) is 2.18. The van der Waals surface area contributed by atoms with Gasteiger partial charge in [-0.2, -0.15) is 13.2 Å². The van der Waals surface area contributed by atoms with Crippen LogP contribution in [0.15, 0.2) is 18.2 Å². The highest BCUT2D eigenvalue weighted by molar-refractivity contribution is 6.32. The third-order valence-electron chi connectivity index (χ3n) is 3.42. The molecule has 1 aromatic rings. The second kappa shape index (κ2) is 6.56. The van der Waals surface area contributed by atoms with Crippen molar-refractivity contribution in [2.75, 3.05) is 13.1 Å². The minimum Gasteiger partial charge on any atom is -0.334 e. The summed E-state index contributed by atoms with van der Waals surface area (Å²) in [4.78, 5) is 24.5. The van der Waals surface area contributed by atoms with Crippen LogP contribution in [0.5, 0.6) is 0 Å². The van der Waals surface area contributed by atoms with Crippen LogP contribution in [0.2, 0.25) is 5.02 Å². The Morgan fingerprint density at radius 2 is 1.91 bits per heavy atom. The van der Waals surface area contributed by atoms with Crippen molar-refractivity contribution in [2.45, 2.75) is 25.6 Å². The highest BCUT2D eigenvalue weighted by Gasteiger charge is 2.33. The summed E-state index contributed by atoms with van der Waals surface area (Å²) in [5.41, 5.74) is -0.734. The third kappa shape index (κ3) is 3.91. The van der Waals surface area contributed by atoms with Gasteiger partial charge in [0, 0.05) is 32.5 Å². The predicted octanol–water partition coefficient (Wildman–Crippen LogP) is 3.23. The zero-order chi connectivity index (χ0) is 16.3. The van der Waals surface area contributed by atoms with Gasteiger partial charge in [0.25, 0.3) is 0 Å². The molecule has 2 rings (SSSR count). The van der Waals surface area contributed by atoms with Gasteiger partial charge in [0.1, 0.15) is 5.78 Å². The maximum absolute atomic E-state index is 12.7. The van der Waals surface area contributed by atoms with Gasteiger partial charge in [0.15, 0.2) is 0 Å². The van der Waals surface area contributed by atoms with E-state index in [-0.39, 0.29) is 17.9 Å². The average Bonchev–Trinajstić information content (AvgIpc) is 2.45. The number of benzene rings is 1. The molecule has 1 aliphatic heterocycles. The number of nitrogens with one attached hydrogen (secondary N) is 1. The number of likely N-dealkylation sites (tertiary alicyclic amines) is 1. The van der Waals surface area contributed by atoms with Crippen LogP contribution in [0, 0.1) is 0 Å². The predicted molar refractivity (Wildman–Crippen MR) is 74.5 cm³/mol. The smallest absolute Gasteiger partial charge is 0.334 e. The van der Waals surface area contributed by atoms with E-state index in [1.165, 1.54) is 17.0 Å². The Hall–Kier alpha value is -1.76. The lowest BCUT2D eigenvalue weighted by atomic mass is 10.1. The summed E-state index contributed by atoms with van der Waals surface area (Å²) in [5.74, 6) is 0.102. The Morgan fingerprint density at radius 3 is 2.50 bits per heavy atom. The van der Waals surface area contributed by atoms with Gasteiger partial charge in [-0.1, -0.05) is 23.7 Å². The van der Waals surface area contributed by atoms with Crippen molar-refractivity contribution in [2.24, 2.45) is 0 Å². The van der Waals surface area contributed by atoms with E-state index in [1.807, 2.05) is 0 Å². The number of urea groups is 1. The number of alkyl halides is 3. The Bertz CT molecular complexity index is 580. The molecule has 1 fully saturated rings. The highest BCUT2D eigenvalue weighted by Crippen LogP contribution is 2.36. The second-order valence-corrected chi connectivity index (χ2v) is 5.34. The Morgan fingerprint density at radius 1 is 1.27 bits per heavy atom. The first-order valence-electron chi connectivity index (χ1n) is 6.68. The van der Waals surface area contributed by atoms with Crippen molar-refractivity contribution >= 4 is 23.4 Å². The van der Waals surface area contributed by atoms with Crippen LogP contribution in [0.4, 0.5) is 18.0 Å². The van der Waals surface area contributed by atoms with Crippen molar-refractivity contribution in [1.29, 1.82) is 0 Å². The first-order valence-corrected chi connectivity index (χ1v) is 7.06. The number of piperidine rings is 1. The minimum atomic E-state index is -4.54. The van der Waals surface area contributed by atoms with Crippen LogP contribution in [0.1, 0.15) is 24.0 Å². The summed E-state index contributed by atoms with van der Waals surface area (Å²) >= 11 is 5.75. The van der Waals surface area contributed by atoms with E-state index < -0.39 is 22.8 Å². The molecular formula is C14H14ClF3N2O2. The van der Waals surface area contributed by atoms with E-state index >= 15 is 0 Å². The molecule has 4 nitrogen and oxygen atoms in total. The van der Waals surface area contributed by atoms with Crippen LogP contribution in [0.3, 0.4) is 0 Å². The first kappa shape index (κ1) is 16.6. The molecule has 1 saturated heterocycles. The number of Topliss-reactive ketones (excluding diaryl/α,β-unsaturated/α-hetero) is 1. The Kier molecular flexibility index (Phi) is 4.95. The molecule has 2 amide bonds. The molecular weight excluding hydrogens is 321 g/mol.